The van der Waals surface area contributed by atoms with Crippen LogP contribution < -0.4 is 5.32 Å². The van der Waals surface area contributed by atoms with Crippen LogP contribution in [0.4, 0.5) is 4.79 Å². The number of ether oxygens (including phenoxy) is 1. The summed E-state index contributed by atoms with van der Waals surface area (Å²) in [5.74, 6) is 0. The lowest BCUT2D eigenvalue weighted by atomic mass is 9.82. The van der Waals surface area contributed by atoms with E-state index in [1.807, 2.05) is 0 Å². The van der Waals surface area contributed by atoms with Gasteiger partial charge in [-0.25, -0.2) is 4.79 Å². The topological polar surface area (TPSA) is 38.3 Å². The van der Waals surface area contributed by atoms with Crippen LogP contribution in [0.25, 0.3) is 0 Å². The first-order chi connectivity index (χ1) is 5.56. The van der Waals surface area contributed by atoms with Crippen molar-refractivity contribution in [1.29, 1.82) is 0 Å². The predicted octanol–water partition coefficient (Wildman–Crippen LogP) is 1.92. The zero-order valence-electron chi connectivity index (χ0n) is 8.02. The summed E-state index contributed by atoms with van der Waals surface area (Å²) in [6.07, 6.45) is 1.85. The number of nitrogens with one attached hydrogen (secondary N) is 1. The Morgan fingerprint density at radius 2 is 2.33 bits per heavy atom. The van der Waals surface area contributed by atoms with Crippen molar-refractivity contribution in [1.82, 2.24) is 5.32 Å². The molecule has 1 fully saturated rings. The molecule has 1 atom stereocenters. The van der Waals surface area contributed by atoms with Gasteiger partial charge in [-0.15, -0.1) is 0 Å². The van der Waals surface area contributed by atoms with Crippen LogP contribution >= 0.6 is 0 Å². The Balaban J connectivity index is 2.58. The van der Waals surface area contributed by atoms with Crippen molar-refractivity contribution in [3.63, 3.8) is 0 Å². The van der Waals surface area contributed by atoms with E-state index in [4.69, 9.17) is 4.74 Å². The fourth-order valence-electron chi connectivity index (χ4n) is 1.48. The summed E-state index contributed by atoms with van der Waals surface area (Å²) in [5, 5.41) is 2.85. The number of hydrogen-bond donors (Lipinski definition) is 1. The lowest BCUT2D eigenvalue weighted by Gasteiger charge is -2.38. The van der Waals surface area contributed by atoms with Crippen LogP contribution in [-0.4, -0.2) is 18.7 Å². The average molecular weight is 171 g/mol. The third-order valence-corrected chi connectivity index (χ3v) is 2.39. The molecule has 0 aromatic heterocycles. The van der Waals surface area contributed by atoms with E-state index in [1.54, 1.807) is 0 Å². The molecular weight excluding hydrogens is 154 g/mol. The molecule has 1 heterocycles. The minimum absolute atomic E-state index is 0.0733. The lowest BCUT2D eigenvalue weighted by molar-refractivity contribution is 0.0366. The van der Waals surface area contributed by atoms with E-state index in [0.717, 1.165) is 12.8 Å². The van der Waals surface area contributed by atoms with Crippen molar-refractivity contribution >= 4 is 6.09 Å². The summed E-state index contributed by atoms with van der Waals surface area (Å²) in [5.41, 5.74) is 0.0733. The molecule has 1 N–H and O–H groups in total. The highest BCUT2D eigenvalue weighted by atomic mass is 16.6. The number of amides is 1. The number of carbonyl (C=O) groups is 1. The second-order valence-corrected chi connectivity index (χ2v) is 4.05. The first kappa shape index (κ1) is 9.36. The van der Waals surface area contributed by atoms with Crippen molar-refractivity contribution in [2.45, 2.75) is 39.7 Å². The Hall–Kier alpha value is -0.730. The van der Waals surface area contributed by atoms with Gasteiger partial charge in [-0.1, -0.05) is 27.2 Å². The Bertz CT molecular complexity index is 177. The zero-order valence-corrected chi connectivity index (χ0v) is 8.02. The minimum Gasteiger partial charge on any atom is -0.449 e. The molecule has 0 aliphatic carbocycles. The molecule has 0 saturated carbocycles. The van der Waals surface area contributed by atoms with Crippen LogP contribution in [0.5, 0.6) is 0 Å². The summed E-state index contributed by atoms with van der Waals surface area (Å²) in [7, 11) is 0. The fourth-order valence-corrected chi connectivity index (χ4v) is 1.48. The summed E-state index contributed by atoms with van der Waals surface area (Å²) in [4.78, 5) is 10.9. The summed E-state index contributed by atoms with van der Waals surface area (Å²) in [6, 6.07) is 0.267. The minimum atomic E-state index is -0.271. The van der Waals surface area contributed by atoms with Gasteiger partial charge in [0.15, 0.2) is 0 Å². The van der Waals surface area contributed by atoms with E-state index in [2.05, 4.69) is 26.1 Å². The molecule has 1 aliphatic rings. The molecule has 1 unspecified atom stereocenters. The van der Waals surface area contributed by atoms with E-state index in [-0.39, 0.29) is 17.6 Å². The Morgan fingerprint density at radius 3 is 2.92 bits per heavy atom. The van der Waals surface area contributed by atoms with E-state index in [9.17, 15) is 4.79 Å². The van der Waals surface area contributed by atoms with Crippen molar-refractivity contribution in [2.24, 2.45) is 5.41 Å². The van der Waals surface area contributed by atoms with Gasteiger partial charge < -0.3 is 10.1 Å². The molecule has 1 aliphatic heterocycles. The van der Waals surface area contributed by atoms with Gasteiger partial charge in [0.2, 0.25) is 0 Å². The van der Waals surface area contributed by atoms with Crippen LogP contribution in [0.15, 0.2) is 0 Å². The van der Waals surface area contributed by atoms with Crippen LogP contribution in [0, 0.1) is 5.41 Å². The highest BCUT2D eigenvalue weighted by molar-refractivity contribution is 5.68. The predicted molar refractivity (Wildman–Crippen MR) is 47.0 cm³/mol. The van der Waals surface area contributed by atoms with Crippen molar-refractivity contribution in [3.8, 4) is 0 Å². The third-order valence-electron chi connectivity index (χ3n) is 2.39. The maximum atomic E-state index is 10.9. The molecule has 0 bridgehead atoms. The summed E-state index contributed by atoms with van der Waals surface area (Å²) >= 11 is 0. The van der Waals surface area contributed by atoms with Gasteiger partial charge in [0, 0.05) is 11.5 Å². The smallest absolute Gasteiger partial charge is 0.407 e. The normalized spacial score (nSPS) is 27.6. The summed E-state index contributed by atoms with van der Waals surface area (Å²) in [6.45, 7) is 6.89. The van der Waals surface area contributed by atoms with Crippen molar-refractivity contribution < 1.29 is 9.53 Å². The molecule has 1 saturated heterocycles. The van der Waals surface area contributed by atoms with Crippen LogP contribution in [0.1, 0.15) is 33.6 Å². The van der Waals surface area contributed by atoms with E-state index in [1.165, 1.54) is 0 Å². The van der Waals surface area contributed by atoms with E-state index in [0.29, 0.717) is 6.61 Å². The van der Waals surface area contributed by atoms with E-state index < -0.39 is 0 Å². The first-order valence-electron chi connectivity index (χ1n) is 4.49. The maximum Gasteiger partial charge on any atom is 0.407 e. The molecule has 70 valence electrons. The zero-order chi connectivity index (χ0) is 9.19. The molecule has 0 spiro atoms. The van der Waals surface area contributed by atoms with Gasteiger partial charge >= 0.3 is 6.09 Å². The molecule has 1 amide bonds. The molecule has 12 heavy (non-hydrogen) atoms. The Labute approximate surface area is 73.5 Å². The maximum absolute atomic E-state index is 10.9. The lowest BCUT2D eigenvalue weighted by Crippen LogP contribution is -2.52. The first-order valence-corrected chi connectivity index (χ1v) is 4.49. The average Bonchev–Trinajstić information content (AvgIpc) is 1.98. The number of cyclic esters (lactones) is 1. The van der Waals surface area contributed by atoms with Crippen LogP contribution in [-0.2, 0) is 4.74 Å². The number of alkyl carbamates (subject to hydrolysis) is 1. The SMILES string of the molecule is CCCC1NC(=O)OCC1(C)C. The highest BCUT2D eigenvalue weighted by Crippen LogP contribution is 2.27. The van der Waals surface area contributed by atoms with Gasteiger partial charge in [0.1, 0.15) is 6.61 Å². The molecule has 0 radical (unpaired) electrons. The second kappa shape index (κ2) is 3.33. The quantitative estimate of drug-likeness (QED) is 0.689. The van der Waals surface area contributed by atoms with Crippen LogP contribution in [0.3, 0.4) is 0 Å². The molecule has 3 nitrogen and oxygen atoms in total. The molecule has 0 aromatic carbocycles. The van der Waals surface area contributed by atoms with Gasteiger partial charge in [0.25, 0.3) is 0 Å². The number of hydrogen-bond acceptors (Lipinski definition) is 2. The standard InChI is InChI=1S/C9H17NO2/c1-4-5-7-9(2,3)6-12-8(11)10-7/h7H,4-6H2,1-3H3,(H,10,11). The Morgan fingerprint density at radius 1 is 1.67 bits per heavy atom. The van der Waals surface area contributed by atoms with Crippen LogP contribution in [0.2, 0.25) is 0 Å². The number of rotatable bonds is 2. The van der Waals surface area contributed by atoms with Crippen molar-refractivity contribution in [3.05, 3.63) is 0 Å². The monoisotopic (exact) mass is 171 g/mol. The van der Waals surface area contributed by atoms with Gasteiger partial charge in [-0.2, -0.15) is 0 Å². The largest absolute Gasteiger partial charge is 0.449 e. The van der Waals surface area contributed by atoms with Gasteiger partial charge in [0.05, 0.1) is 0 Å². The number of carbonyl (C=O) groups excluding carboxylic acids is 1. The van der Waals surface area contributed by atoms with Gasteiger partial charge in [-0.05, 0) is 6.42 Å². The molecule has 3 heteroatoms. The highest BCUT2D eigenvalue weighted by Gasteiger charge is 2.35. The molecule has 0 aromatic rings. The Kier molecular flexibility index (Phi) is 2.60. The molecule has 1 rings (SSSR count). The molecular formula is C9H17NO2. The van der Waals surface area contributed by atoms with Crippen molar-refractivity contribution in [2.75, 3.05) is 6.61 Å². The summed E-state index contributed by atoms with van der Waals surface area (Å²) < 4.78 is 4.92. The second-order valence-electron chi connectivity index (χ2n) is 4.05. The third kappa shape index (κ3) is 1.90. The van der Waals surface area contributed by atoms with E-state index >= 15 is 0 Å². The van der Waals surface area contributed by atoms with Gasteiger partial charge in [-0.3, -0.25) is 0 Å². The fraction of sp³-hybridized carbons (Fsp3) is 0.889.